The number of amides is 1. The molecule has 1 aromatic carbocycles. The van der Waals surface area contributed by atoms with Crippen LogP contribution in [0.15, 0.2) is 36.0 Å². The molecule has 0 fully saturated rings. The van der Waals surface area contributed by atoms with Crippen molar-refractivity contribution >= 4 is 11.6 Å². The van der Waals surface area contributed by atoms with Gasteiger partial charge in [-0.3, -0.25) is 4.79 Å². The number of hydrogen-bond acceptors (Lipinski definition) is 4. The number of nitriles is 2. The van der Waals surface area contributed by atoms with Crippen molar-refractivity contribution in [2.45, 2.75) is 13.8 Å². The molecule has 0 bridgehead atoms. The van der Waals surface area contributed by atoms with Gasteiger partial charge in [-0.05, 0) is 38.1 Å². The van der Waals surface area contributed by atoms with Crippen LogP contribution in [0.5, 0.6) is 0 Å². The van der Waals surface area contributed by atoms with Crippen LogP contribution in [0.1, 0.15) is 24.2 Å². The topological polar surface area (TPSA) is 79.9 Å². The van der Waals surface area contributed by atoms with E-state index in [1.807, 2.05) is 13.8 Å². The van der Waals surface area contributed by atoms with Gasteiger partial charge in [-0.2, -0.15) is 10.5 Å². The van der Waals surface area contributed by atoms with Crippen LogP contribution in [0.2, 0.25) is 0 Å². The molecule has 0 atom stereocenters. The number of rotatable bonds is 5. The molecule has 0 spiro atoms. The van der Waals surface area contributed by atoms with E-state index in [1.165, 1.54) is 6.20 Å². The number of allylic oxidation sites excluding steroid dienone is 1. The summed E-state index contributed by atoms with van der Waals surface area (Å²) in [5, 5.41) is 20.0. The fourth-order valence-corrected chi connectivity index (χ4v) is 1.65. The van der Waals surface area contributed by atoms with E-state index in [-0.39, 0.29) is 11.5 Å². The van der Waals surface area contributed by atoms with Gasteiger partial charge >= 0.3 is 0 Å². The van der Waals surface area contributed by atoms with Gasteiger partial charge in [-0.1, -0.05) is 0 Å². The third-order valence-electron chi connectivity index (χ3n) is 2.81. The molecule has 0 saturated carbocycles. The smallest absolute Gasteiger partial charge is 0.253 e. The number of carbonyl (C=O) groups is 1. The molecule has 0 aromatic heterocycles. The summed E-state index contributed by atoms with van der Waals surface area (Å²) in [5.74, 6) is -0.00756. The van der Waals surface area contributed by atoms with Crippen molar-refractivity contribution in [2.24, 2.45) is 0 Å². The first kappa shape index (κ1) is 15.3. The number of carbonyl (C=O) groups excluding carboxylic acids is 1. The largest absolute Gasteiger partial charge is 0.360 e. The Morgan fingerprint density at radius 2 is 1.75 bits per heavy atom. The van der Waals surface area contributed by atoms with Gasteiger partial charge in [0.25, 0.3) is 5.91 Å². The van der Waals surface area contributed by atoms with Gasteiger partial charge in [0.2, 0.25) is 0 Å². The molecule has 5 heteroatoms. The van der Waals surface area contributed by atoms with E-state index in [2.05, 4.69) is 5.32 Å². The molecule has 0 aliphatic heterocycles. The van der Waals surface area contributed by atoms with Crippen molar-refractivity contribution in [1.82, 2.24) is 4.90 Å². The number of anilines is 1. The maximum Gasteiger partial charge on any atom is 0.253 e. The minimum absolute atomic E-state index is 0.00621. The van der Waals surface area contributed by atoms with Gasteiger partial charge in [0.05, 0.1) is 0 Å². The van der Waals surface area contributed by atoms with Gasteiger partial charge in [0.1, 0.15) is 17.7 Å². The predicted octanol–water partition coefficient (Wildman–Crippen LogP) is 2.51. The van der Waals surface area contributed by atoms with Crippen molar-refractivity contribution in [2.75, 3.05) is 18.4 Å². The first-order chi connectivity index (χ1) is 9.65. The van der Waals surface area contributed by atoms with Crippen molar-refractivity contribution in [3.05, 3.63) is 41.6 Å². The zero-order chi connectivity index (χ0) is 15.0. The average Bonchev–Trinajstić information content (AvgIpc) is 2.50. The van der Waals surface area contributed by atoms with Crippen LogP contribution in [-0.2, 0) is 0 Å². The Morgan fingerprint density at radius 1 is 1.20 bits per heavy atom. The number of benzene rings is 1. The van der Waals surface area contributed by atoms with Crippen molar-refractivity contribution in [3.63, 3.8) is 0 Å². The normalized spacial score (nSPS) is 9.00. The zero-order valence-corrected chi connectivity index (χ0v) is 11.6. The minimum atomic E-state index is -0.00756. The molecule has 20 heavy (non-hydrogen) atoms. The van der Waals surface area contributed by atoms with Crippen LogP contribution in [-0.4, -0.2) is 23.9 Å². The second-order valence-corrected chi connectivity index (χ2v) is 3.98. The van der Waals surface area contributed by atoms with E-state index in [0.29, 0.717) is 24.3 Å². The third-order valence-corrected chi connectivity index (χ3v) is 2.81. The molecule has 1 N–H and O–H groups in total. The predicted molar refractivity (Wildman–Crippen MR) is 76.6 cm³/mol. The summed E-state index contributed by atoms with van der Waals surface area (Å²) in [6, 6.07) is 10.4. The van der Waals surface area contributed by atoms with Crippen molar-refractivity contribution < 1.29 is 4.79 Å². The van der Waals surface area contributed by atoms with Crippen LogP contribution in [0.25, 0.3) is 0 Å². The molecular formula is C15H16N4O. The van der Waals surface area contributed by atoms with E-state index in [0.717, 1.165) is 0 Å². The lowest BCUT2D eigenvalue weighted by Crippen LogP contribution is -2.30. The Bertz CT molecular complexity index is 555. The van der Waals surface area contributed by atoms with E-state index < -0.39 is 0 Å². The van der Waals surface area contributed by atoms with Crippen LogP contribution in [0.4, 0.5) is 5.69 Å². The number of nitrogens with one attached hydrogen (secondary N) is 1. The molecule has 0 unspecified atom stereocenters. The fraction of sp³-hybridized carbons (Fsp3) is 0.267. The Kier molecular flexibility index (Phi) is 5.80. The molecule has 0 saturated heterocycles. The maximum absolute atomic E-state index is 12.1. The summed E-state index contributed by atoms with van der Waals surface area (Å²) in [4.78, 5) is 13.8. The Morgan fingerprint density at radius 3 is 2.20 bits per heavy atom. The second kappa shape index (κ2) is 7.60. The first-order valence-corrected chi connectivity index (χ1v) is 6.32. The van der Waals surface area contributed by atoms with Crippen LogP contribution < -0.4 is 5.32 Å². The third kappa shape index (κ3) is 3.86. The summed E-state index contributed by atoms with van der Waals surface area (Å²) >= 11 is 0. The van der Waals surface area contributed by atoms with Crippen molar-refractivity contribution in [3.8, 4) is 12.1 Å². The van der Waals surface area contributed by atoms with Gasteiger partial charge in [0, 0.05) is 30.5 Å². The Labute approximate surface area is 118 Å². The minimum Gasteiger partial charge on any atom is -0.360 e. The fourth-order valence-electron chi connectivity index (χ4n) is 1.65. The molecular weight excluding hydrogens is 252 g/mol. The van der Waals surface area contributed by atoms with E-state index >= 15 is 0 Å². The van der Waals surface area contributed by atoms with E-state index in [9.17, 15) is 4.79 Å². The molecule has 0 heterocycles. The first-order valence-electron chi connectivity index (χ1n) is 6.32. The molecule has 1 amide bonds. The van der Waals surface area contributed by atoms with Crippen LogP contribution in [0.3, 0.4) is 0 Å². The highest BCUT2D eigenvalue weighted by atomic mass is 16.2. The lowest BCUT2D eigenvalue weighted by molar-refractivity contribution is 0.0773. The van der Waals surface area contributed by atoms with Gasteiger partial charge in [-0.15, -0.1) is 0 Å². The molecule has 1 rings (SSSR count). The average molecular weight is 268 g/mol. The summed E-state index contributed by atoms with van der Waals surface area (Å²) in [6.07, 6.45) is 1.33. The summed E-state index contributed by atoms with van der Waals surface area (Å²) < 4.78 is 0. The van der Waals surface area contributed by atoms with Crippen LogP contribution in [0, 0.1) is 22.7 Å². The summed E-state index contributed by atoms with van der Waals surface area (Å²) in [7, 11) is 0. The highest BCUT2D eigenvalue weighted by molar-refractivity contribution is 5.94. The molecule has 5 nitrogen and oxygen atoms in total. The number of nitrogens with zero attached hydrogens (tertiary/aromatic N) is 3. The number of hydrogen-bond donors (Lipinski definition) is 1. The van der Waals surface area contributed by atoms with Gasteiger partial charge < -0.3 is 10.2 Å². The zero-order valence-electron chi connectivity index (χ0n) is 11.6. The summed E-state index contributed by atoms with van der Waals surface area (Å²) in [6.45, 7) is 5.22. The van der Waals surface area contributed by atoms with Gasteiger partial charge in [0.15, 0.2) is 0 Å². The van der Waals surface area contributed by atoms with Crippen LogP contribution >= 0.6 is 0 Å². The highest BCUT2D eigenvalue weighted by Crippen LogP contribution is 2.12. The van der Waals surface area contributed by atoms with Gasteiger partial charge in [-0.25, -0.2) is 0 Å². The van der Waals surface area contributed by atoms with E-state index in [4.69, 9.17) is 10.5 Å². The monoisotopic (exact) mass is 268 g/mol. The highest BCUT2D eigenvalue weighted by Gasteiger charge is 2.11. The summed E-state index contributed by atoms with van der Waals surface area (Å²) in [5.41, 5.74) is 1.32. The van der Waals surface area contributed by atoms with E-state index in [1.54, 1.807) is 41.3 Å². The molecule has 0 aliphatic rings. The molecule has 0 radical (unpaired) electrons. The Hall–Kier alpha value is -2.79. The Balaban J connectivity index is 2.80. The second-order valence-electron chi connectivity index (χ2n) is 3.98. The quantitative estimate of drug-likeness (QED) is 0.832. The molecule has 0 aliphatic carbocycles. The lowest BCUT2D eigenvalue weighted by atomic mass is 10.2. The maximum atomic E-state index is 12.1. The standard InChI is InChI=1S/C15H16N4O/c1-3-19(4-2)15(20)13-5-7-14(8-6-13)18-11-12(9-16)10-17/h5-8,11,18H,3-4H2,1-2H3. The van der Waals surface area contributed by atoms with Crippen molar-refractivity contribution in [1.29, 1.82) is 10.5 Å². The lowest BCUT2D eigenvalue weighted by Gasteiger charge is -2.18. The molecule has 1 aromatic rings. The molecule has 102 valence electrons. The SMILES string of the molecule is CCN(CC)C(=O)c1ccc(NC=C(C#N)C#N)cc1.